The van der Waals surface area contributed by atoms with Crippen LogP contribution in [0.5, 0.6) is 0 Å². The van der Waals surface area contributed by atoms with Crippen molar-refractivity contribution < 1.29 is 14.3 Å². The number of ether oxygens (including phenoxy) is 1. The molecule has 1 heterocycles. The number of nitrogens with zero attached hydrogens (tertiary/aromatic N) is 1. The molecule has 1 aliphatic heterocycles. The molecule has 0 aliphatic carbocycles. The largest absolute Gasteiger partial charge is 0.377 e. The minimum absolute atomic E-state index is 0.0396. The number of hydrogen-bond donors (Lipinski definition) is 1. The van der Waals surface area contributed by atoms with E-state index in [1.54, 1.807) is 36.4 Å². The summed E-state index contributed by atoms with van der Waals surface area (Å²) in [5.41, 5.74) is 2.86. The Hall–Kier alpha value is -2.66. The molecule has 1 aliphatic rings. The van der Waals surface area contributed by atoms with Gasteiger partial charge in [0.2, 0.25) is 0 Å². The van der Waals surface area contributed by atoms with Crippen LogP contribution in [0.2, 0.25) is 0 Å². The summed E-state index contributed by atoms with van der Waals surface area (Å²) in [5.74, 6) is -0.230. The third kappa shape index (κ3) is 4.06. The van der Waals surface area contributed by atoms with Gasteiger partial charge in [0.1, 0.15) is 0 Å². The zero-order valence-electron chi connectivity index (χ0n) is 14.5. The summed E-state index contributed by atoms with van der Waals surface area (Å²) in [7, 11) is 0. The van der Waals surface area contributed by atoms with Crippen molar-refractivity contribution in [1.29, 1.82) is 0 Å². The summed E-state index contributed by atoms with van der Waals surface area (Å²) < 4.78 is 5.38. The van der Waals surface area contributed by atoms with Crippen molar-refractivity contribution in [3.05, 3.63) is 65.2 Å². The Kier molecular flexibility index (Phi) is 5.14. The van der Waals surface area contributed by atoms with Crippen molar-refractivity contribution in [1.82, 2.24) is 4.90 Å². The van der Waals surface area contributed by atoms with Crippen LogP contribution < -0.4 is 5.32 Å². The first-order chi connectivity index (χ1) is 12.0. The van der Waals surface area contributed by atoms with Crippen LogP contribution >= 0.6 is 0 Å². The van der Waals surface area contributed by atoms with Gasteiger partial charge in [0.25, 0.3) is 11.8 Å². The normalized spacial score (nSPS) is 17.2. The summed E-state index contributed by atoms with van der Waals surface area (Å²) in [4.78, 5) is 26.9. The second-order valence-electron chi connectivity index (χ2n) is 6.32. The summed E-state index contributed by atoms with van der Waals surface area (Å²) in [6, 6.07) is 14.5. The van der Waals surface area contributed by atoms with E-state index in [1.165, 1.54) is 0 Å². The highest BCUT2D eigenvalue weighted by atomic mass is 16.5. The molecular weight excluding hydrogens is 316 g/mol. The number of benzene rings is 2. The van der Waals surface area contributed by atoms with Gasteiger partial charge in [-0.25, -0.2) is 0 Å². The highest BCUT2D eigenvalue weighted by molar-refractivity contribution is 6.05. The molecule has 5 heteroatoms. The third-order valence-corrected chi connectivity index (χ3v) is 4.31. The summed E-state index contributed by atoms with van der Waals surface area (Å²) in [6.07, 6.45) is 0. The number of anilines is 1. The zero-order chi connectivity index (χ0) is 17.8. The number of carbonyl (C=O) groups excluding carboxylic acids is 2. The van der Waals surface area contributed by atoms with Gasteiger partial charge in [-0.3, -0.25) is 9.59 Å². The minimum Gasteiger partial charge on any atom is -0.377 e. The van der Waals surface area contributed by atoms with E-state index in [2.05, 4.69) is 5.32 Å². The van der Waals surface area contributed by atoms with Gasteiger partial charge < -0.3 is 15.0 Å². The summed E-state index contributed by atoms with van der Waals surface area (Å²) >= 11 is 0. The maximum Gasteiger partial charge on any atom is 0.255 e. The first kappa shape index (κ1) is 17.2. The average molecular weight is 338 g/mol. The SMILES string of the molecule is Cc1ccc(C(=O)Nc2cccc(C(=O)N3CCOCC3C)c2)cc1. The second-order valence-corrected chi connectivity index (χ2v) is 6.32. The average Bonchev–Trinajstić information content (AvgIpc) is 2.62. The van der Waals surface area contributed by atoms with Gasteiger partial charge >= 0.3 is 0 Å². The van der Waals surface area contributed by atoms with Crippen LogP contribution in [0.1, 0.15) is 33.2 Å². The molecule has 1 N–H and O–H groups in total. The monoisotopic (exact) mass is 338 g/mol. The molecule has 5 nitrogen and oxygen atoms in total. The van der Waals surface area contributed by atoms with E-state index in [4.69, 9.17) is 4.74 Å². The fraction of sp³-hybridized carbons (Fsp3) is 0.300. The topological polar surface area (TPSA) is 58.6 Å². The maximum absolute atomic E-state index is 12.7. The summed E-state index contributed by atoms with van der Waals surface area (Å²) in [5, 5.41) is 2.85. The predicted molar refractivity (Wildman–Crippen MR) is 96.9 cm³/mol. The van der Waals surface area contributed by atoms with Gasteiger partial charge in [0, 0.05) is 23.4 Å². The number of rotatable bonds is 3. The molecule has 1 unspecified atom stereocenters. The molecule has 0 aromatic heterocycles. The van der Waals surface area contributed by atoms with Crippen LogP contribution in [0.25, 0.3) is 0 Å². The lowest BCUT2D eigenvalue weighted by Crippen LogP contribution is -2.47. The van der Waals surface area contributed by atoms with Crippen LogP contribution in [-0.2, 0) is 4.74 Å². The lowest BCUT2D eigenvalue weighted by molar-refractivity contribution is 0.00359. The maximum atomic E-state index is 12.7. The molecule has 0 spiro atoms. The molecule has 3 rings (SSSR count). The molecule has 0 saturated carbocycles. The quantitative estimate of drug-likeness (QED) is 0.935. The van der Waals surface area contributed by atoms with Crippen molar-refractivity contribution >= 4 is 17.5 Å². The Labute approximate surface area is 147 Å². The predicted octanol–water partition coefficient (Wildman–Crippen LogP) is 3.11. The minimum atomic E-state index is -0.190. The van der Waals surface area contributed by atoms with Crippen LogP contribution in [-0.4, -0.2) is 42.5 Å². The van der Waals surface area contributed by atoms with Gasteiger partial charge in [-0.1, -0.05) is 23.8 Å². The molecule has 1 atom stereocenters. The standard InChI is InChI=1S/C20H22N2O3/c1-14-6-8-16(9-7-14)19(23)21-18-5-3-4-17(12-18)20(24)22-10-11-25-13-15(22)2/h3-9,12,15H,10-11,13H2,1-2H3,(H,21,23). The Morgan fingerprint density at radius 2 is 1.88 bits per heavy atom. The first-order valence-corrected chi connectivity index (χ1v) is 8.41. The van der Waals surface area contributed by atoms with Gasteiger partial charge in [0.05, 0.1) is 19.3 Å². The van der Waals surface area contributed by atoms with E-state index >= 15 is 0 Å². The van der Waals surface area contributed by atoms with Crippen molar-refractivity contribution in [2.24, 2.45) is 0 Å². The number of amides is 2. The van der Waals surface area contributed by atoms with Crippen LogP contribution in [0.4, 0.5) is 5.69 Å². The summed E-state index contributed by atoms with van der Waals surface area (Å²) in [6.45, 7) is 5.64. The lowest BCUT2D eigenvalue weighted by Gasteiger charge is -2.33. The van der Waals surface area contributed by atoms with Gasteiger partial charge in [-0.2, -0.15) is 0 Å². The number of hydrogen-bond acceptors (Lipinski definition) is 3. The number of morpholine rings is 1. The van der Waals surface area contributed by atoms with Crippen molar-refractivity contribution in [3.63, 3.8) is 0 Å². The lowest BCUT2D eigenvalue weighted by atomic mass is 10.1. The Balaban J connectivity index is 1.73. The molecule has 25 heavy (non-hydrogen) atoms. The molecule has 0 radical (unpaired) electrons. The van der Waals surface area contributed by atoms with E-state index in [1.807, 2.05) is 30.9 Å². The van der Waals surface area contributed by atoms with E-state index in [-0.39, 0.29) is 17.9 Å². The highest BCUT2D eigenvalue weighted by Crippen LogP contribution is 2.17. The van der Waals surface area contributed by atoms with Gasteiger partial charge in [0.15, 0.2) is 0 Å². The van der Waals surface area contributed by atoms with E-state index in [9.17, 15) is 9.59 Å². The van der Waals surface area contributed by atoms with Gasteiger partial charge in [-0.15, -0.1) is 0 Å². The van der Waals surface area contributed by atoms with Crippen LogP contribution in [0.3, 0.4) is 0 Å². The Morgan fingerprint density at radius 1 is 1.12 bits per heavy atom. The van der Waals surface area contributed by atoms with E-state index in [0.29, 0.717) is 36.6 Å². The fourth-order valence-electron chi connectivity index (χ4n) is 2.83. The fourth-order valence-corrected chi connectivity index (χ4v) is 2.83. The molecule has 0 bridgehead atoms. The zero-order valence-corrected chi connectivity index (χ0v) is 14.5. The third-order valence-electron chi connectivity index (χ3n) is 4.31. The Morgan fingerprint density at radius 3 is 2.60 bits per heavy atom. The van der Waals surface area contributed by atoms with Crippen LogP contribution in [0, 0.1) is 6.92 Å². The second kappa shape index (κ2) is 7.49. The van der Waals surface area contributed by atoms with Crippen LogP contribution in [0.15, 0.2) is 48.5 Å². The van der Waals surface area contributed by atoms with Gasteiger partial charge in [-0.05, 0) is 44.2 Å². The molecule has 1 fully saturated rings. The molecule has 2 aromatic rings. The van der Waals surface area contributed by atoms with Crippen molar-refractivity contribution in [2.45, 2.75) is 19.9 Å². The number of nitrogens with one attached hydrogen (secondary N) is 1. The number of aryl methyl sites for hydroxylation is 1. The Bertz CT molecular complexity index is 771. The molecule has 130 valence electrons. The molecule has 2 amide bonds. The van der Waals surface area contributed by atoms with Crippen molar-refractivity contribution in [3.8, 4) is 0 Å². The van der Waals surface area contributed by atoms with E-state index < -0.39 is 0 Å². The van der Waals surface area contributed by atoms with E-state index in [0.717, 1.165) is 5.56 Å². The number of carbonyl (C=O) groups is 2. The smallest absolute Gasteiger partial charge is 0.255 e. The molecule has 2 aromatic carbocycles. The molecular formula is C20H22N2O3. The highest BCUT2D eigenvalue weighted by Gasteiger charge is 2.24. The van der Waals surface area contributed by atoms with Crippen molar-refractivity contribution in [2.75, 3.05) is 25.1 Å². The first-order valence-electron chi connectivity index (χ1n) is 8.41. The molecule has 1 saturated heterocycles.